The van der Waals surface area contributed by atoms with Crippen molar-refractivity contribution in [2.45, 2.75) is 6.42 Å². The number of hydrogen-bond acceptors (Lipinski definition) is 4. The fourth-order valence-electron chi connectivity index (χ4n) is 1.21. The standard InChI is InChI=1S/C11H10ClNO5/c1-18-11(17)7-4-6(2-3-8(7)12)13-9(14)5-10(15)16/h2-4H,5H2,1H3,(H,13,14)(H,15,16). The van der Waals surface area contributed by atoms with Crippen LogP contribution in [0.1, 0.15) is 16.8 Å². The lowest BCUT2D eigenvalue weighted by Crippen LogP contribution is -2.16. The van der Waals surface area contributed by atoms with E-state index in [4.69, 9.17) is 16.7 Å². The fourth-order valence-corrected chi connectivity index (χ4v) is 1.41. The number of carbonyl (C=O) groups excluding carboxylic acids is 2. The highest BCUT2D eigenvalue weighted by molar-refractivity contribution is 6.33. The van der Waals surface area contributed by atoms with Crippen LogP contribution in [-0.2, 0) is 14.3 Å². The Morgan fingerprint density at radius 2 is 2.06 bits per heavy atom. The van der Waals surface area contributed by atoms with E-state index in [1.54, 1.807) is 0 Å². The first-order chi connectivity index (χ1) is 8.43. The number of carboxylic acids is 1. The molecule has 0 aliphatic carbocycles. The molecule has 0 bridgehead atoms. The molecule has 7 heteroatoms. The Labute approximate surface area is 108 Å². The van der Waals surface area contributed by atoms with Gasteiger partial charge in [0.15, 0.2) is 0 Å². The maximum absolute atomic E-state index is 11.3. The number of aliphatic carboxylic acids is 1. The molecular weight excluding hydrogens is 262 g/mol. The first-order valence-electron chi connectivity index (χ1n) is 4.83. The van der Waals surface area contributed by atoms with E-state index in [1.807, 2.05) is 0 Å². The summed E-state index contributed by atoms with van der Waals surface area (Å²) in [6.45, 7) is 0. The van der Waals surface area contributed by atoms with Gasteiger partial charge in [0.05, 0.1) is 17.7 Å². The summed E-state index contributed by atoms with van der Waals surface area (Å²) < 4.78 is 4.51. The summed E-state index contributed by atoms with van der Waals surface area (Å²) in [6, 6.07) is 4.17. The largest absolute Gasteiger partial charge is 0.481 e. The monoisotopic (exact) mass is 271 g/mol. The average Bonchev–Trinajstić information content (AvgIpc) is 2.29. The molecule has 1 rings (SSSR count). The van der Waals surface area contributed by atoms with Crippen molar-refractivity contribution in [3.8, 4) is 0 Å². The summed E-state index contributed by atoms with van der Waals surface area (Å²) >= 11 is 5.78. The number of rotatable bonds is 4. The SMILES string of the molecule is COC(=O)c1cc(NC(=O)CC(=O)O)ccc1Cl. The number of carbonyl (C=O) groups is 3. The van der Waals surface area contributed by atoms with Gasteiger partial charge in [0.1, 0.15) is 6.42 Å². The molecule has 0 saturated carbocycles. The Bertz CT molecular complexity index is 500. The molecule has 0 fully saturated rings. The molecule has 18 heavy (non-hydrogen) atoms. The normalized spacial score (nSPS) is 9.67. The van der Waals surface area contributed by atoms with Gasteiger partial charge in [-0.25, -0.2) is 4.79 Å². The van der Waals surface area contributed by atoms with E-state index in [2.05, 4.69) is 10.1 Å². The zero-order valence-electron chi connectivity index (χ0n) is 9.40. The van der Waals surface area contributed by atoms with Crippen LogP contribution in [0, 0.1) is 0 Å². The van der Waals surface area contributed by atoms with Gasteiger partial charge in [-0.1, -0.05) is 11.6 Å². The first-order valence-corrected chi connectivity index (χ1v) is 5.21. The summed E-state index contributed by atoms with van der Waals surface area (Å²) in [5.41, 5.74) is 0.360. The minimum atomic E-state index is -1.24. The number of halogens is 1. The number of benzene rings is 1. The molecule has 0 heterocycles. The highest BCUT2D eigenvalue weighted by atomic mass is 35.5. The Morgan fingerprint density at radius 3 is 2.61 bits per heavy atom. The van der Waals surface area contributed by atoms with Crippen LogP contribution in [0.3, 0.4) is 0 Å². The molecule has 2 N–H and O–H groups in total. The van der Waals surface area contributed by atoms with Crippen LogP contribution in [0.4, 0.5) is 5.69 Å². The third-order valence-corrected chi connectivity index (χ3v) is 2.30. The maximum atomic E-state index is 11.3. The van der Waals surface area contributed by atoms with Crippen molar-refractivity contribution in [1.29, 1.82) is 0 Å². The maximum Gasteiger partial charge on any atom is 0.339 e. The highest BCUT2D eigenvalue weighted by Gasteiger charge is 2.13. The molecule has 96 valence electrons. The smallest absolute Gasteiger partial charge is 0.339 e. The van der Waals surface area contributed by atoms with E-state index in [0.29, 0.717) is 0 Å². The number of hydrogen-bond donors (Lipinski definition) is 2. The second kappa shape index (κ2) is 6.02. The highest BCUT2D eigenvalue weighted by Crippen LogP contribution is 2.21. The van der Waals surface area contributed by atoms with Crippen LogP contribution in [0.2, 0.25) is 5.02 Å². The van der Waals surface area contributed by atoms with Crippen LogP contribution in [0.15, 0.2) is 18.2 Å². The van der Waals surface area contributed by atoms with Crippen LogP contribution >= 0.6 is 11.6 Å². The number of methoxy groups -OCH3 is 1. The Balaban J connectivity index is 2.88. The van der Waals surface area contributed by atoms with Crippen LogP contribution in [0.25, 0.3) is 0 Å². The molecule has 0 unspecified atom stereocenters. The second-order valence-corrected chi connectivity index (χ2v) is 3.71. The number of esters is 1. The lowest BCUT2D eigenvalue weighted by atomic mass is 10.2. The third-order valence-electron chi connectivity index (χ3n) is 1.97. The Hall–Kier alpha value is -2.08. The lowest BCUT2D eigenvalue weighted by molar-refractivity contribution is -0.139. The van der Waals surface area contributed by atoms with E-state index in [1.165, 1.54) is 25.3 Å². The molecule has 0 spiro atoms. The Morgan fingerprint density at radius 1 is 1.39 bits per heavy atom. The van der Waals surface area contributed by atoms with Crippen molar-refractivity contribution in [3.63, 3.8) is 0 Å². The van der Waals surface area contributed by atoms with Crippen molar-refractivity contribution in [1.82, 2.24) is 0 Å². The number of amides is 1. The Kier molecular flexibility index (Phi) is 4.67. The molecule has 0 saturated heterocycles. The minimum absolute atomic E-state index is 0.0901. The molecule has 0 aromatic heterocycles. The lowest BCUT2D eigenvalue weighted by Gasteiger charge is -2.07. The van der Waals surface area contributed by atoms with Gasteiger partial charge < -0.3 is 15.2 Å². The van der Waals surface area contributed by atoms with Crippen molar-refractivity contribution in [3.05, 3.63) is 28.8 Å². The van der Waals surface area contributed by atoms with Gasteiger partial charge in [0.2, 0.25) is 5.91 Å². The van der Waals surface area contributed by atoms with Gasteiger partial charge >= 0.3 is 11.9 Å². The molecule has 1 aromatic carbocycles. The minimum Gasteiger partial charge on any atom is -0.481 e. The molecule has 6 nitrogen and oxygen atoms in total. The molecule has 0 atom stereocenters. The summed E-state index contributed by atoms with van der Waals surface area (Å²) in [6.07, 6.45) is -0.657. The van der Waals surface area contributed by atoms with Crippen molar-refractivity contribution in [2.24, 2.45) is 0 Å². The third kappa shape index (κ3) is 3.74. The van der Waals surface area contributed by atoms with Gasteiger partial charge in [-0.05, 0) is 18.2 Å². The van der Waals surface area contributed by atoms with Gasteiger partial charge in [-0.15, -0.1) is 0 Å². The predicted molar refractivity (Wildman–Crippen MR) is 63.7 cm³/mol. The molecule has 0 aliphatic heterocycles. The van der Waals surface area contributed by atoms with Crippen LogP contribution in [-0.4, -0.2) is 30.1 Å². The predicted octanol–water partition coefficient (Wildman–Crippen LogP) is 1.54. The van der Waals surface area contributed by atoms with Gasteiger partial charge in [-0.2, -0.15) is 0 Å². The summed E-state index contributed by atoms with van der Waals surface area (Å²) in [5.74, 6) is -2.58. The van der Waals surface area contributed by atoms with Crippen LogP contribution < -0.4 is 5.32 Å². The summed E-state index contributed by atoms with van der Waals surface area (Å²) in [7, 11) is 1.20. The summed E-state index contributed by atoms with van der Waals surface area (Å²) in [4.78, 5) is 32.9. The quantitative estimate of drug-likeness (QED) is 0.640. The van der Waals surface area contributed by atoms with E-state index in [9.17, 15) is 14.4 Å². The van der Waals surface area contributed by atoms with Crippen molar-refractivity contribution >= 4 is 35.1 Å². The zero-order valence-corrected chi connectivity index (χ0v) is 10.2. The molecule has 0 radical (unpaired) electrons. The first kappa shape index (κ1) is 14.0. The van der Waals surface area contributed by atoms with Crippen molar-refractivity contribution in [2.75, 3.05) is 12.4 Å². The van der Waals surface area contributed by atoms with Crippen molar-refractivity contribution < 1.29 is 24.2 Å². The number of ether oxygens (including phenoxy) is 1. The molecule has 0 aliphatic rings. The number of anilines is 1. The number of carboxylic acid groups (broad SMARTS) is 1. The average molecular weight is 272 g/mol. The molecule has 1 aromatic rings. The van der Waals surface area contributed by atoms with E-state index in [-0.39, 0.29) is 16.3 Å². The van der Waals surface area contributed by atoms with E-state index < -0.39 is 24.3 Å². The van der Waals surface area contributed by atoms with E-state index in [0.717, 1.165) is 0 Å². The number of nitrogens with one attached hydrogen (secondary N) is 1. The zero-order chi connectivity index (χ0) is 13.7. The fraction of sp³-hybridized carbons (Fsp3) is 0.182. The molecular formula is C11H10ClNO5. The summed E-state index contributed by atoms with van der Waals surface area (Å²) in [5, 5.41) is 10.9. The molecule has 1 amide bonds. The van der Waals surface area contributed by atoms with Gasteiger partial charge in [0, 0.05) is 5.69 Å². The second-order valence-electron chi connectivity index (χ2n) is 3.30. The van der Waals surface area contributed by atoms with E-state index >= 15 is 0 Å². The van der Waals surface area contributed by atoms with Gasteiger partial charge in [-0.3, -0.25) is 9.59 Å². The van der Waals surface area contributed by atoms with Gasteiger partial charge in [0.25, 0.3) is 0 Å². The topological polar surface area (TPSA) is 92.7 Å². The van der Waals surface area contributed by atoms with Crippen LogP contribution in [0.5, 0.6) is 0 Å².